The van der Waals surface area contributed by atoms with Gasteiger partial charge >= 0.3 is 0 Å². The zero-order chi connectivity index (χ0) is 11.7. The molecule has 0 aliphatic heterocycles. The third-order valence-electron chi connectivity index (χ3n) is 2.86. The number of nitrogens with one attached hydrogen (secondary N) is 1. The Morgan fingerprint density at radius 1 is 1.18 bits per heavy atom. The van der Waals surface area contributed by atoms with E-state index in [-0.39, 0.29) is 0 Å². The van der Waals surface area contributed by atoms with E-state index in [9.17, 15) is 0 Å². The van der Waals surface area contributed by atoms with Crippen LogP contribution in [0.2, 0.25) is 0 Å². The quantitative estimate of drug-likeness (QED) is 0.727. The predicted octanol–water partition coefficient (Wildman–Crippen LogP) is 2.58. The predicted molar refractivity (Wildman–Crippen MR) is 66.5 cm³/mol. The van der Waals surface area contributed by atoms with Crippen molar-refractivity contribution in [1.82, 2.24) is 20.2 Å². The molecule has 84 valence electrons. The molecule has 3 aromatic rings. The van der Waals surface area contributed by atoms with Gasteiger partial charge in [-0.15, -0.1) is 0 Å². The van der Waals surface area contributed by atoms with Crippen LogP contribution in [0.3, 0.4) is 0 Å². The minimum atomic E-state index is 0.900. The minimum Gasteiger partial charge on any atom is -0.277 e. The summed E-state index contributed by atoms with van der Waals surface area (Å²) < 4.78 is 0. The van der Waals surface area contributed by atoms with Crippen LogP contribution in [0.1, 0.15) is 12.5 Å². The maximum Gasteiger partial charge on any atom is 0.119 e. The fourth-order valence-electron chi connectivity index (χ4n) is 1.97. The summed E-state index contributed by atoms with van der Waals surface area (Å²) in [5.74, 6) is 0. The van der Waals surface area contributed by atoms with Gasteiger partial charge in [0.2, 0.25) is 0 Å². The summed E-state index contributed by atoms with van der Waals surface area (Å²) in [5, 5.41) is 8.48. The Morgan fingerprint density at radius 2 is 2.06 bits per heavy atom. The fraction of sp³-hybridized carbons (Fsp3) is 0.154. The Balaban J connectivity index is 2.27. The topological polar surface area (TPSA) is 54.5 Å². The Bertz CT molecular complexity index is 657. The highest BCUT2D eigenvalue weighted by Gasteiger charge is 2.12. The van der Waals surface area contributed by atoms with Crippen molar-refractivity contribution < 1.29 is 0 Å². The average Bonchev–Trinajstić information content (AvgIpc) is 2.82. The van der Waals surface area contributed by atoms with Gasteiger partial charge in [0.15, 0.2) is 0 Å². The molecule has 4 heteroatoms. The normalized spacial score (nSPS) is 10.9. The summed E-state index contributed by atoms with van der Waals surface area (Å²) in [4.78, 5) is 8.41. The first kappa shape index (κ1) is 9.96. The standard InChI is InChI=1S/C13H12N4/c1-2-9-7-14-8-15-12(9)13-10-5-3-4-6-11(10)16-17-13/h3-8H,2H2,1H3,(H,16,17). The van der Waals surface area contributed by atoms with Crippen molar-refractivity contribution in [3.8, 4) is 11.4 Å². The van der Waals surface area contributed by atoms with Gasteiger partial charge in [0.25, 0.3) is 0 Å². The molecule has 17 heavy (non-hydrogen) atoms. The fourth-order valence-corrected chi connectivity index (χ4v) is 1.97. The van der Waals surface area contributed by atoms with Gasteiger partial charge in [-0.3, -0.25) is 5.10 Å². The Morgan fingerprint density at radius 3 is 2.94 bits per heavy atom. The zero-order valence-electron chi connectivity index (χ0n) is 9.51. The molecular formula is C13H12N4. The highest BCUT2D eigenvalue weighted by Crippen LogP contribution is 2.26. The lowest BCUT2D eigenvalue weighted by Crippen LogP contribution is -1.93. The van der Waals surface area contributed by atoms with Gasteiger partial charge in [-0.05, 0) is 18.1 Å². The number of aromatic amines is 1. The molecule has 0 aliphatic carbocycles. The summed E-state index contributed by atoms with van der Waals surface area (Å²) in [5.41, 5.74) is 3.97. The van der Waals surface area contributed by atoms with E-state index in [0.29, 0.717) is 0 Å². The molecule has 0 atom stereocenters. The van der Waals surface area contributed by atoms with Crippen LogP contribution in [0.5, 0.6) is 0 Å². The van der Waals surface area contributed by atoms with E-state index in [4.69, 9.17) is 0 Å². The van der Waals surface area contributed by atoms with Crippen LogP contribution in [0, 0.1) is 0 Å². The molecule has 4 nitrogen and oxygen atoms in total. The summed E-state index contributed by atoms with van der Waals surface area (Å²) in [6.07, 6.45) is 4.32. The Hall–Kier alpha value is -2.23. The lowest BCUT2D eigenvalue weighted by molar-refractivity contribution is 1.03. The molecule has 0 spiro atoms. The summed E-state index contributed by atoms with van der Waals surface area (Å²) in [6, 6.07) is 8.06. The number of rotatable bonds is 2. The average molecular weight is 224 g/mol. The molecule has 2 aromatic heterocycles. The molecule has 1 aromatic carbocycles. The van der Waals surface area contributed by atoms with E-state index in [1.807, 2.05) is 24.4 Å². The molecular weight excluding hydrogens is 212 g/mol. The largest absolute Gasteiger partial charge is 0.277 e. The number of hydrogen-bond donors (Lipinski definition) is 1. The number of benzene rings is 1. The number of aryl methyl sites for hydroxylation is 1. The highest BCUT2D eigenvalue weighted by atomic mass is 15.1. The molecule has 0 aliphatic rings. The van der Waals surface area contributed by atoms with Gasteiger partial charge in [-0.25, -0.2) is 9.97 Å². The van der Waals surface area contributed by atoms with Crippen LogP contribution in [-0.2, 0) is 6.42 Å². The molecule has 0 radical (unpaired) electrons. The van der Waals surface area contributed by atoms with Crippen molar-refractivity contribution in [3.05, 3.63) is 42.4 Å². The third kappa shape index (κ3) is 1.58. The van der Waals surface area contributed by atoms with Gasteiger partial charge in [0.1, 0.15) is 12.0 Å². The number of hydrogen-bond acceptors (Lipinski definition) is 3. The maximum atomic E-state index is 4.36. The van der Waals surface area contributed by atoms with Crippen molar-refractivity contribution in [1.29, 1.82) is 0 Å². The molecule has 0 unspecified atom stereocenters. The molecule has 1 N–H and O–H groups in total. The molecule has 0 saturated carbocycles. The van der Waals surface area contributed by atoms with Crippen molar-refractivity contribution in [2.24, 2.45) is 0 Å². The van der Waals surface area contributed by atoms with Crippen LogP contribution in [0.4, 0.5) is 0 Å². The van der Waals surface area contributed by atoms with Crippen LogP contribution in [0.25, 0.3) is 22.3 Å². The van der Waals surface area contributed by atoms with Gasteiger partial charge in [-0.2, -0.15) is 5.10 Å². The van der Waals surface area contributed by atoms with Crippen molar-refractivity contribution in [2.75, 3.05) is 0 Å². The number of aromatic nitrogens is 4. The molecule has 0 amide bonds. The maximum absolute atomic E-state index is 4.36. The van der Waals surface area contributed by atoms with Crippen molar-refractivity contribution in [3.63, 3.8) is 0 Å². The van der Waals surface area contributed by atoms with Crippen LogP contribution < -0.4 is 0 Å². The number of fused-ring (bicyclic) bond motifs is 1. The first-order valence-electron chi connectivity index (χ1n) is 5.62. The molecule has 2 heterocycles. The second kappa shape index (κ2) is 3.97. The lowest BCUT2D eigenvalue weighted by atomic mass is 10.1. The van der Waals surface area contributed by atoms with E-state index in [1.54, 1.807) is 6.33 Å². The summed E-state index contributed by atoms with van der Waals surface area (Å²) >= 11 is 0. The zero-order valence-corrected chi connectivity index (χ0v) is 9.51. The molecule has 3 rings (SSSR count). The van der Waals surface area contributed by atoms with Gasteiger partial charge in [0, 0.05) is 11.6 Å². The molecule has 0 fully saturated rings. The second-order valence-corrected chi connectivity index (χ2v) is 3.87. The minimum absolute atomic E-state index is 0.900. The summed E-state index contributed by atoms with van der Waals surface area (Å²) in [6.45, 7) is 2.09. The van der Waals surface area contributed by atoms with Crippen molar-refractivity contribution in [2.45, 2.75) is 13.3 Å². The Labute approximate surface area is 98.7 Å². The van der Waals surface area contributed by atoms with Crippen molar-refractivity contribution >= 4 is 10.9 Å². The number of nitrogens with zero attached hydrogens (tertiary/aromatic N) is 3. The summed E-state index contributed by atoms with van der Waals surface area (Å²) in [7, 11) is 0. The Kier molecular flexibility index (Phi) is 2.33. The van der Waals surface area contributed by atoms with Crippen LogP contribution >= 0.6 is 0 Å². The number of para-hydroxylation sites is 1. The van der Waals surface area contributed by atoms with Gasteiger partial charge in [-0.1, -0.05) is 25.1 Å². The van der Waals surface area contributed by atoms with Crippen LogP contribution in [0.15, 0.2) is 36.8 Å². The smallest absolute Gasteiger partial charge is 0.119 e. The first-order valence-corrected chi connectivity index (χ1v) is 5.62. The highest BCUT2D eigenvalue weighted by molar-refractivity contribution is 5.92. The van der Waals surface area contributed by atoms with E-state index >= 15 is 0 Å². The molecule has 0 saturated heterocycles. The van der Waals surface area contributed by atoms with Gasteiger partial charge < -0.3 is 0 Å². The SMILES string of the molecule is CCc1cncnc1-c1n[nH]c2ccccc12. The molecule has 0 bridgehead atoms. The van der Waals surface area contributed by atoms with E-state index in [0.717, 1.165) is 34.3 Å². The lowest BCUT2D eigenvalue weighted by Gasteiger charge is -2.02. The monoisotopic (exact) mass is 224 g/mol. The van der Waals surface area contributed by atoms with Gasteiger partial charge in [0.05, 0.1) is 11.2 Å². The van der Waals surface area contributed by atoms with E-state index in [1.165, 1.54) is 0 Å². The third-order valence-corrected chi connectivity index (χ3v) is 2.86. The van der Waals surface area contributed by atoms with E-state index < -0.39 is 0 Å². The first-order chi connectivity index (χ1) is 8.40. The van der Waals surface area contributed by atoms with E-state index in [2.05, 4.69) is 33.2 Å². The van der Waals surface area contributed by atoms with Crippen LogP contribution in [-0.4, -0.2) is 20.2 Å². The number of H-pyrrole nitrogens is 1. The second-order valence-electron chi connectivity index (χ2n) is 3.87.